The Kier molecular flexibility index (Phi) is 4.88. The predicted molar refractivity (Wildman–Crippen MR) is 93.8 cm³/mol. The third-order valence-corrected chi connectivity index (χ3v) is 5.50. The summed E-state index contributed by atoms with van der Waals surface area (Å²) in [6.45, 7) is 3.94. The van der Waals surface area contributed by atoms with Gasteiger partial charge in [-0.2, -0.15) is 4.31 Å². The average molecular weight is 351 g/mol. The summed E-state index contributed by atoms with van der Waals surface area (Å²) >= 11 is 0. The minimum Gasteiger partial charge on any atom is -0.423 e. The van der Waals surface area contributed by atoms with E-state index in [9.17, 15) is 13.2 Å². The molecule has 1 aromatic heterocycles. The maximum Gasteiger partial charge on any atom is 0.338 e. The van der Waals surface area contributed by atoms with Crippen LogP contribution in [-0.2, 0) is 10.0 Å². The van der Waals surface area contributed by atoms with Crippen molar-refractivity contribution in [1.82, 2.24) is 9.21 Å². The van der Waals surface area contributed by atoms with E-state index in [4.69, 9.17) is 4.42 Å². The Hall–Kier alpha value is -1.90. The lowest BCUT2D eigenvalue weighted by atomic mass is 10.2. The third kappa shape index (κ3) is 3.95. The van der Waals surface area contributed by atoms with E-state index in [1.165, 1.54) is 16.6 Å². The molecule has 0 unspecified atom stereocenters. The highest BCUT2D eigenvalue weighted by Crippen LogP contribution is 2.20. The Balaban J connectivity index is 1.57. The fourth-order valence-corrected chi connectivity index (χ4v) is 3.72. The van der Waals surface area contributed by atoms with Crippen molar-refractivity contribution < 1.29 is 12.8 Å². The molecule has 0 radical (unpaired) electrons. The Morgan fingerprint density at radius 2 is 1.88 bits per heavy atom. The first-order valence-corrected chi connectivity index (χ1v) is 9.72. The second kappa shape index (κ2) is 6.92. The van der Waals surface area contributed by atoms with Crippen LogP contribution in [0.15, 0.2) is 39.5 Å². The number of rotatable bonds is 5. The zero-order valence-corrected chi connectivity index (χ0v) is 14.4. The molecule has 3 rings (SSSR count). The number of benzene rings is 1. The molecule has 1 aliphatic rings. The van der Waals surface area contributed by atoms with Crippen molar-refractivity contribution in [3.8, 4) is 0 Å². The van der Waals surface area contributed by atoms with E-state index in [1.54, 1.807) is 6.07 Å². The van der Waals surface area contributed by atoms with Crippen molar-refractivity contribution in [2.75, 3.05) is 50.8 Å². The summed E-state index contributed by atoms with van der Waals surface area (Å²) in [6, 6.07) is 8.87. The van der Waals surface area contributed by atoms with E-state index >= 15 is 0 Å². The molecular formula is C16H21N3O4S. The molecule has 0 spiro atoms. The van der Waals surface area contributed by atoms with Crippen LogP contribution in [0.5, 0.6) is 0 Å². The van der Waals surface area contributed by atoms with Gasteiger partial charge in [0.25, 0.3) is 0 Å². The van der Waals surface area contributed by atoms with Gasteiger partial charge in [0.1, 0.15) is 5.58 Å². The third-order valence-electron chi connectivity index (χ3n) is 4.19. The van der Waals surface area contributed by atoms with E-state index in [-0.39, 0.29) is 5.63 Å². The highest BCUT2D eigenvalue weighted by Gasteiger charge is 2.22. The summed E-state index contributed by atoms with van der Waals surface area (Å²) < 4.78 is 29.7. The molecule has 8 heteroatoms. The molecule has 0 aliphatic carbocycles. The standard InChI is InChI=1S/C16H21N3O4S/c1-24(21,22)19-10-8-18(9-11-19)7-6-17-14-12-16(20)23-15-5-3-2-4-13(14)15/h2-5,12,17H,6-11H2,1H3. The van der Waals surface area contributed by atoms with Crippen LogP contribution in [0.25, 0.3) is 11.0 Å². The van der Waals surface area contributed by atoms with Crippen LogP contribution in [0.3, 0.4) is 0 Å². The van der Waals surface area contributed by atoms with Crippen molar-refractivity contribution in [2.45, 2.75) is 0 Å². The molecule has 130 valence electrons. The van der Waals surface area contributed by atoms with Gasteiger partial charge in [0, 0.05) is 50.7 Å². The highest BCUT2D eigenvalue weighted by molar-refractivity contribution is 7.88. The van der Waals surface area contributed by atoms with Crippen LogP contribution < -0.4 is 10.9 Å². The highest BCUT2D eigenvalue weighted by atomic mass is 32.2. The molecule has 1 N–H and O–H groups in total. The quantitative estimate of drug-likeness (QED) is 0.802. The second-order valence-corrected chi connectivity index (χ2v) is 7.89. The molecule has 24 heavy (non-hydrogen) atoms. The Morgan fingerprint density at radius 3 is 2.58 bits per heavy atom. The molecule has 1 aromatic carbocycles. The van der Waals surface area contributed by atoms with E-state index in [1.807, 2.05) is 18.2 Å². The van der Waals surface area contributed by atoms with Gasteiger partial charge in [-0.3, -0.25) is 4.90 Å². The minimum absolute atomic E-state index is 0.377. The molecule has 2 heterocycles. The van der Waals surface area contributed by atoms with E-state index in [0.717, 1.165) is 17.6 Å². The maximum atomic E-state index is 11.6. The van der Waals surface area contributed by atoms with Gasteiger partial charge in [0.2, 0.25) is 10.0 Å². The summed E-state index contributed by atoms with van der Waals surface area (Å²) in [5.74, 6) is 0. The van der Waals surface area contributed by atoms with Gasteiger partial charge in [-0.05, 0) is 12.1 Å². The summed E-state index contributed by atoms with van der Waals surface area (Å²) in [7, 11) is -3.10. The first-order chi connectivity index (χ1) is 11.4. The van der Waals surface area contributed by atoms with E-state index in [2.05, 4.69) is 10.2 Å². The molecular weight excluding hydrogens is 330 g/mol. The fourth-order valence-electron chi connectivity index (χ4n) is 2.89. The number of fused-ring (bicyclic) bond motifs is 1. The topological polar surface area (TPSA) is 82.9 Å². The number of nitrogens with one attached hydrogen (secondary N) is 1. The number of anilines is 1. The first kappa shape index (κ1) is 16.9. The summed E-state index contributed by atoms with van der Waals surface area (Å²) in [6.07, 6.45) is 1.25. The molecule has 0 amide bonds. The van der Waals surface area contributed by atoms with Crippen molar-refractivity contribution in [3.05, 3.63) is 40.8 Å². The summed E-state index contributed by atoms with van der Waals surface area (Å²) in [5.41, 5.74) is 0.948. The first-order valence-electron chi connectivity index (χ1n) is 7.88. The van der Waals surface area contributed by atoms with Gasteiger partial charge in [-0.15, -0.1) is 0 Å². The molecule has 1 fully saturated rings. The van der Waals surface area contributed by atoms with E-state index < -0.39 is 10.0 Å². The molecule has 1 aliphatic heterocycles. The van der Waals surface area contributed by atoms with Crippen LogP contribution in [0.4, 0.5) is 5.69 Å². The Morgan fingerprint density at radius 1 is 1.17 bits per heavy atom. The molecule has 7 nitrogen and oxygen atoms in total. The number of hydrogen-bond donors (Lipinski definition) is 1. The number of nitrogens with zero attached hydrogens (tertiary/aromatic N) is 2. The number of sulfonamides is 1. The number of piperazine rings is 1. The van der Waals surface area contributed by atoms with Crippen LogP contribution >= 0.6 is 0 Å². The number of hydrogen-bond acceptors (Lipinski definition) is 6. The fraction of sp³-hybridized carbons (Fsp3) is 0.438. The van der Waals surface area contributed by atoms with Crippen molar-refractivity contribution in [3.63, 3.8) is 0 Å². The molecule has 0 saturated carbocycles. The summed E-state index contributed by atoms with van der Waals surface area (Å²) in [5, 5.41) is 4.16. The zero-order valence-electron chi connectivity index (χ0n) is 13.6. The lowest BCUT2D eigenvalue weighted by Crippen LogP contribution is -2.49. The monoisotopic (exact) mass is 351 g/mol. The van der Waals surface area contributed by atoms with Crippen LogP contribution in [0.1, 0.15) is 0 Å². The lowest BCUT2D eigenvalue weighted by molar-refractivity contribution is 0.195. The van der Waals surface area contributed by atoms with E-state index in [0.29, 0.717) is 38.3 Å². The van der Waals surface area contributed by atoms with Crippen molar-refractivity contribution >= 4 is 26.7 Å². The molecule has 0 bridgehead atoms. The largest absolute Gasteiger partial charge is 0.423 e. The molecule has 1 saturated heterocycles. The van der Waals surface area contributed by atoms with Crippen LogP contribution in [0.2, 0.25) is 0 Å². The molecule has 0 atom stereocenters. The van der Waals surface area contributed by atoms with Gasteiger partial charge < -0.3 is 9.73 Å². The van der Waals surface area contributed by atoms with Gasteiger partial charge in [0.05, 0.1) is 11.9 Å². The second-order valence-electron chi connectivity index (χ2n) is 5.91. The minimum atomic E-state index is -3.10. The smallest absolute Gasteiger partial charge is 0.338 e. The Bertz CT molecular complexity index is 870. The normalized spacial score (nSPS) is 17.2. The van der Waals surface area contributed by atoms with Gasteiger partial charge in [-0.25, -0.2) is 13.2 Å². The van der Waals surface area contributed by atoms with Gasteiger partial charge in [0.15, 0.2) is 0 Å². The maximum absolute atomic E-state index is 11.6. The van der Waals surface area contributed by atoms with Crippen molar-refractivity contribution in [2.24, 2.45) is 0 Å². The Labute approximate surface area is 140 Å². The predicted octanol–water partition coefficient (Wildman–Crippen LogP) is 0.782. The van der Waals surface area contributed by atoms with Gasteiger partial charge >= 0.3 is 5.63 Å². The van der Waals surface area contributed by atoms with Crippen LogP contribution in [0, 0.1) is 0 Å². The van der Waals surface area contributed by atoms with Crippen molar-refractivity contribution in [1.29, 1.82) is 0 Å². The number of para-hydroxylation sites is 1. The van der Waals surface area contributed by atoms with Gasteiger partial charge in [-0.1, -0.05) is 12.1 Å². The lowest BCUT2D eigenvalue weighted by Gasteiger charge is -2.33. The SMILES string of the molecule is CS(=O)(=O)N1CCN(CCNc2cc(=O)oc3ccccc23)CC1. The zero-order chi connectivity index (χ0) is 17.2. The summed E-state index contributed by atoms with van der Waals surface area (Å²) in [4.78, 5) is 13.8. The van der Waals surface area contributed by atoms with Crippen LogP contribution in [-0.4, -0.2) is 63.1 Å². The average Bonchev–Trinajstić information content (AvgIpc) is 2.54. The molecule has 2 aromatic rings.